The van der Waals surface area contributed by atoms with E-state index >= 15 is 0 Å². The Bertz CT molecular complexity index is 581. The summed E-state index contributed by atoms with van der Waals surface area (Å²) in [5.41, 5.74) is 5.88. The van der Waals surface area contributed by atoms with Crippen molar-refractivity contribution in [2.45, 2.75) is 18.2 Å². The van der Waals surface area contributed by atoms with E-state index in [4.69, 9.17) is 22.4 Å². The average Bonchev–Trinajstić information content (AvgIpc) is 2.32. The van der Waals surface area contributed by atoms with Crippen LogP contribution < -0.4 is 5.73 Å². The Morgan fingerprint density at radius 2 is 2.05 bits per heavy atom. The molecule has 1 aromatic rings. The summed E-state index contributed by atoms with van der Waals surface area (Å²) in [4.78, 5) is -0.200. The Kier molecular flexibility index (Phi) is 5.69. The predicted molar refractivity (Wildman–Crippen MR) is 72.5 cm³/mol. The number of halogens is 3. The number of anilines is 1. The minimum atomic E-state index is -4.17. The number of hydrogen-bond donors (Lipinski definition) is 2. The zero-order valence-corrected chi connectivity index (χ0v) is 12.3. The van der Waals surface area contributed by atoms with Crippen molar-refractivity contribution in [1.82, 2.24) is 4.31 Å². The van der Waals surface area contributed by atoms with E-state index in [1.165, 1.54) is 13.0 Å². The fourth-order valence-electron chi connectivity index (χ4n) is 1.66. The van der Waals surface area contributed by atoms with Crippen molar-refractivity contribution in [1.29, 1.82) is 0 Å². The first-order chi connectivity index (χ1) is 9.20. The minimum absolute atomic E-state index is 0.0387. The molecule has 5 nitrogen and oxygen atoms in total. The molecular weight excluding hydrogens is 314 g/mol. The molecule has 9 heteroatoms. The van der Waals surface area contributed by atoms with E-state index < -0.39 is 36.1 Å². The summed E-state index contributed by atoms with van der Waals surface area (Å²) in [5, 5.41) is 9.02. The topological polar surface area (TPSA) is 83.6 Å². The summed E-state index contributed by atoms with van der Waals surface area (Å²) in [5.74, 6) is 0. The van der Waals surface area contributed by atoms with Crippen LogP contribution in [0, 0.1) is 6.92 Å². The number of benzene rings is 1. The van der Waals surface area contributed by atoms with Gasteiger partial charge in [-0.05, 0) is 24.6 Å². The lowest BCUT2D eigenvalue weighted by molar-refractivity contribution is 0.113. The van der Waals surface area contributed by atoms with Crippen molar-refractivity contribution in [3.8, 4) is 0 Å². The number of aliphatic hydroxyl groups is 1. The van der Waals surface area contributed by atoms with Gasteiger partial charge in [-0.25, -0.2) is 17.2 Å². The summed E-state index contributed by atoms with van der Waals surface area (Å²) >= 11 is 5.77. The standard InChI is InChI=1S/C11H15ClF2N2O3S/c1-7-4-8(12)9(15)5-10(7)20(18,19)16(2-3-17)6-11(13)14/h4-5,11,17H,2-3,6,15H2,1H3. The monoisotopic (exact) mass is 328 g/mol. The molecule has 1 aromatic carbocycles. The van der Waals surface area contributed by atoms with Crippen LogP contribution in [0.3, 0.4) is 0 Å². The van der Waals surface area contributed by atoms with E-state index in [0.717, 1.165) is 6.07 Å². The molecule has 20 heavy (non-hydrogen) atoms. The maximum atomic E-state index is 12.5. The smallest absolute Gasteiger partial charge is 0.252 e. The number of hydrogen-bond acceptors (Lipinski definition) is 4. The van der Waals surface area contributed by atoms with Crippen LogP contribution in [0.4, 0.5) is 14.5 Å². The maximum Gasteiger partial charge on any atom is 0.252 e. The third-order valence-electron chi connectivity index (χ3n) is 2.60. The second-order valence-electron chi connectivity index (χ2n) is 4.12. The van der Waals surface area contributed by atoms with Crippen LogP contribution in [-0.4, -0.2) is 44.0 Å². The number of aryl methyl sites for hydroxylation is 1. The van der Waals surface area contributed by atoms with Crippen molar-refractivity contribution in [2.75, 3.05) is 25.4 Å². The van der Waals surface area contributed by atoms with E-state index in [0.29, 0.717) is 9.87 Å². The Labute approximate surface area is 121 Å². The van der Waals surface area contributed by atoms with Crippen molar-refractivity contribution in [3.05, 3.63) is 22.7 Å². The van der Waals surface area contributed by atoms with Gasteiger partial charge < -0.3 is 10.8 Å². The van der Waals surface area contributed by atoms with E-state index in [1.807, 2.05) is 0 Å². The van der Waals surface area contributed by atoms with Crippen LogP contribution in [0.15, 0.2) is 17.0 Å². The fourth-order valence-corrected chi connectivity index (χ4v) is 3.53. The molecule has 0 heterocycles. The largest absolute Gasteiger partial charge is 0.397 e. The van der Waals surface area contributed by atoms with Crippen molar-refractivity contribution >= 4 is 27.3 Å². The number of nitrogens with two attached hydrogens (primary N) is 1. The maximum absolute atomic E-state index is 12.5. The van der Waals surface area contributed by atoms with E-state index in [9.17, 15) is 17.2 Å². The second kappa shape index (κ2) is 6.66. The van der Waals surface area contributed by atoms with Gasteiger partial charge in [-0.15, -0.1) is 0 Å². The highest BCUT2D eigenvalue weighted by Crippen LogP contribution is 2.28. The molecule has 0 amide bonds. The molecule has 1 rings (SSSR count). The quantitative estimate of drug-likeness (QED) is 0.775. The average molecular weight is 329 g/mol. The molecule has 0 saturated heterocycles. The van der Waals surface area contributed by atoms with Crippen molar-refractivity contribution < 1.29 is 22.3 Å². The van der Waals surface area contributed by atoms with Gasteiger partial charge in [-0.3, -0.25) is 0 Å². The third-order valence-corrected chi connectivity index (χ3v) is 4.94. The van der Waals surface area contributed by atoms with Gasteiger partial charge in [0.15, 0.2) is 0 Å². The lowest BCUT2D eigenvalue weighted by atomic mass is 10.2. The number of alkyl halides is 2. The summed E-state index contributed by atoms with van der Waals surface area (Å²) in [6, 6.07) is 2.48. The van der Waals surface area contributed by atoms with Crippen LogP contribution in [0.25, 0.3) is 0 Å². The molecule has 0 fully saturated rings. The van der Waals surface area contributed by atoms with Gasteiger partial charge in [0, 0.05) is 6.54 Å². The SMILES string of the molecule is Cc1cc(Cl)c(N)cc1S(=O)(=O)N(CCO)CC(F)F. The van der Waals surface area contributed by atoms with E-state index in [2.05, 4.69) is 0 Å². The first-order valence-corrected chi connectivity index (χ1v) is 7.46. The molecular formula is C11H15ClF2N2O3S. The Hall–Kier alpha value is -0.960. The number of nitrogens with zero attached hydrogens (tertiary/aromatic N) is 1. The Morgan fingerprint density at radius 3 is 2.55 bits per heavy atom. The van der Waals surface area contributed by atoms with Gasteiger partial charge in [0.2, 0.25) is 10.0 Å². The van der Waals surface area contributed by atoms with Gasteiger partial charge >= 0.3 is 0 Å². The first kappa shape index (κ1) is 17.1. The number of nitrogen functional groups attached to an aromatic ring is 1. The summed E-state index contributed by atoms with van der Waals surface area (Å²) < 4.78 is 50.1. The first-order valence-electron chi connectivity index (χ1n) is 5.65. The number of rotatable bonds is 6. The van der Waals surface area contributed by atoms with Crippen LogP contribution in [0.1, 0.15) is 5.56 Å². The second-order valence-corrected chi connectivity index (χ2v) is 6.43. The molecule has 0 bridgehead atoms. The summed E-state index contributed by atoms with van der Waals surface area (Å²) in [6.45, 7) is -0.495. The van der Waals surface area contributed by atoms with E-state index in [1.54, 1.807) is 0 Å². The van der Waals surface area contributed by atoms with Crippen molar-refractivity contribution in [2.24, 2.45) is 0 Å². The summed E-state index contributed by atoms with van der Waals surface area (Å²) in [7, 11) is -4.17. The van der Waals surface area contributed by atoms with Gasteiger partial charge in [-0.1, -0.05) is 11.6 Å². The predicted octanol–water partition coefficient (Wildman–Crippen LogP) is 1.48. The molecule has 114 valence electrons. The molecule has 0 unspecified atom stereocenters. The molecule has 0 aliphatic carbocycles. The number of sulfonamides is 1. The van der Waals surface area contributed by atoms with Crippen molar-refractivity contribution in [3.63, 3.8) is 0 Å². The zero-order chi connectivity index (χ0) is 15.5. The highest BCUT2D eigenvalue weighted by Gasteiger charge is 2.28. The molecule has 0 saturated carbocycles. The Balaban J connectivity index is 3.29. The van der Waals surface area contributed by atoms with Crippen LogP contribution in [-0.2, 0) is 10.0 Å². The molecule has 0 radical (unpaired) electrons. The molecule has 0 spiro atoms. The van der Waals surface area contributed by atoms with E-state index in [-0.39, 0.29) is 15.6 Å². The molecule has 0 aliphatic heterocycles. The number of aliphatic hydroxyl groups excluding tert-OH is 1. The lowest BCUT2D eigenvalue weighted by Crippen LogP contribution is -2.37. The van der Waals surface area contributed by atoms with Gasteiger partial charge in [0.05, 0.1) is 28.8 Å². The highest BCUT2D eigenvalue weighted by atomic mass is 35.5. The molecule has 0 aliphatic rings. The van der Waals surface area contributed by atoms with Gasteiger partial charge in [0.1, 0.15) is 0 Å². The van der Waals surface area contributed by atoms with Gasteiger partial charge in [-0.2, -0.15) is 4.31 Å². The molecule has 0 atom stereocenters. The minimum Gasteiger partial charge on any atom is -0.397 e. The molecule has 0 aromatic heterocycles. The normalized spacial score (nSPS) is 12.3. The highest BCUT2D eigenvalue weighted by molar-refractivity contribution is 7.89. The Morgan fingerprint density at radius 1 is 1.45 bits per heavy atom. The molecule has 3 N–H and O–H groups in total. The fraction of sp³-hybridized carbons (Fsp3) is 0.455. The van der Waals surface area contributed by atoms with Crippen LogP contribution in [0.2, 0.25) is 5.02 Å². The third kappa shape index (κ3) is 3.78. The van der Waals surface area contributed by atoms with Crippen LogP contribution in [0.5, 0.6) is 0 Å². The zero-order valence-electron chi connectivity index (χ0n) is 10.7. The lowest BCUT2D eigenvalue weighted by Gasteiger charge is -2.22. The summed E-state index contributed by atoms with van der Waals surface area (Å²) in [6.07, 6.45) is -2.85. The van der Waals surface area contributed by atoms with Gasteiger partial charge in [0.25, 0.3) is 6.43 Å². The van der Waals surface area contributed by atoms with Crippen LogP contribution >= 0.6 is 11.6 Å².